The molecule has 0 spiro atoms. The second-order valence-corrected chi connectivity index (χ2v) is 21.5. The van der Waals surface area contributed by atoms with Crippen LogP contribution in [0.3, 0.4) is 0 Å². The Kier molecular flexibility index (Phi) is 22.8. The molecule has 22 atom stereocenters. The van der Waals surface area contributed by atoms with Crippen LogP contribution in [-0.4, -0.2) is 259 Å². The van der Waals surface area contributed by atoms with Gasteiger partial charge in [-0.1, -0.05) is 6.42 Å². The number of nitrogen functional groups attached to an aromatic ring is 1. The molecule has 34 heteroatoms. The number of amides is 2. The van der Waals surface area contributed by atoms with E-state index in [-0.39, 0.29) is 23.7 Å². The summed E-state index contributed by atoms with van der Waals surface area (Å²) in [5.41, 5.74) is 4.51. The third-order valence-electron chi connectivity index (χ3n) is 12.3. The maximum Gasteiger partial charge on any atom is 0.475 e. The zero-order chi connectivity index (χ0) is 55.0. The van der Waals surface area contributed by atoms with Gasteiger partial charge in [0, 0.05) is 32.9 Å². The van der Waals surface area contributed by atoms with Crippen molar-refractivity contribution in [3.63, 3.8) is 0 Å². The predicted octanol–water partition coefficient (Wildman–Crippen LogP) is -7.24. The molecule has 5 rings (SSSR count). The monoisotopic (exact) mass is 1130 g/mol. The molecule has 2 amide bonds. The molecule has 0 saturated carbocycles. The van der Waals surface area contributed by atoms with E-state index < -0.39 is 179 Å². The van der Waals surface area contributed by atoms with Crippen LogP contribution in [0.15, 0.2) is 17.1 Å². The third kappa shape index (κ3) is 14.7. The lowest BCUT2D eigenvalue weighted by atomic mass is 9.88. The van der Waals surface area contributed by atoms with Gasteiger partial charge in [-0.05, 0) is 30.4 Å². The second kappa shape index (κ2) is 27.2. The number of carbonyl (C=O) groups is 3. The van der Waals surface area contributed by atoms with Gasteiger partial charge in [0.25, 0.3) is 5.79 Å². The summed E-state index contributed by atoms with van der Waals surface area (Å²) < 4.78 is 58.4. The summed E-state index contributed by atoms with van der Waals surface area (Å²) in [6.07, 6.45) is -27.0. The SMILES string of the molecule is CO[C@@H]1O[C@H](CO)[C@@H](O[C@@H]2O[C@H](CSCCCCCS[C@@H]3[C@H](O)[C@@H](NC(C)=O)[C@H]([C@H](O)[C@H](O)CO)O[C@]3(OP(=O)(O)OC[C@H]3O[C@@H](n4ccc(N)nc4=O)[C@H](O)[C@@H]3O)C(=O)O)[C@H](O)[C@H](O)[C@H]2O)[C@H](O)[C@H]1NC(C)=O. The number of nitrogens with two attached hydrogens (primary N) is 1. The molecule has 4 saturated heterocycles. The highest BCUT2D eigenvalue weighted by molar-refractivity contribution is 8.00. The number of unbranched alkanes of at least 4 members (excludes halogenated alkanes) is 2. The molecule has 31 nitrogen and oxygen atoms in total. The minimum Gasteiger partial charge on any atom is -0.477 e. The van der Waals surface area contributed by atoms with Crippen LogP contribution in [0, 0.1) is 0 Å². The number of hydrogen-bond donors (Lipinski definition) is 16. The van der Waals surface area contributed by atoms with Crippen molar-refractivity contribution in [3.8, 4) is 0 Å². The van der Waals surface area contributed by atoms with E-state index >= 15 is 0 Å². The number of aromatic nitrogens is 2. The first-order chi connectivity index (χ1) is 34.8. The van der Waals surface area contributed by atoms with Crippen molar-refractivity contribution in [1.82, 2.24) is 20.2 Å². The standard InChI is InChI=1S/C40H66N5O26PS2/c1-15(48)42-22-28(55)34(74-10-6-4-5-9-73-14-20-26(53)29(56)31(58)37(68-20)69-32-18(12-47)67-36(64-3)23(27(32)54)43-16(2)49)40(38(59)60,70-33(22)24(51)17(50)11-46)71-72(62,63)65-13-19-25(52)30(57)35(66-19)45-8-7-21(41)44-39(45)61/h7-8,17-20,22-37,46-47,50-58H,4-6,9-14H2,1-3H3,(H,42,48)(H,43,49)(H,59,60)(H,62,63)(H2,41,44,61)/t17-,18-,19-,20-,22-,23-,24-,25-,26+,27-,28-,29+,30-,31-,32-,33-,34-,35-,36-,37+,40-/m1/s1. The van der Waals surface area contributed by atoms with Gasteiger partial charge in [-0.2, -0.15) is 16.7 Å². The number of carboxylic acids is 1. The summed E-state index contributed by atoms with van der Waals surface area (Å²) in [4.78, 5) is 64.4. The van der Waals surface area contributed by atoms with E-state index in [0.29, 0.717) is 30.4 Å². The fourth-order valence-corrected chi connectivity index (χ4v) is 12.1. The van der Waals surface area contributed by atoms with Crippen LogP contribution in [-0.2, 0) is 56.4 Å². The van der Waals surface area contributed by atoms with E-state index in [4.69, 9.17) is 43.2 Å². The number of thioether (sulfide) groups is 2. The summed E-state index contributed by atoms with van der Waals surface area (Å²) >= 11 is 1.88. The number of aliphatic carboxylic acids is 1. The number of phosphoric ester groups is 1. The summed E-state index contributed by atoms with van der Waals surface area (Å²) in [6, 6.07) is -1.75. The number of phosphoric acid groups is 1. The summed E-state index contributed by atoms with van der Waals surface area (Å²) in [7, 11) is -4.54. The number of ether oxygens (including phenoxy) is 6. The fraction of sp³-hybridized carbons (Fsp3) is 0.825. The number of aliphatic hydroxyl groups is 11. The third-order valence-corrected chi connectivity index (χ3v) is 15.9. The Labute approximate surface area is 429 Å². The molecule has 1 unspecified atom stereocenters. The molecule has 4 fully saturated rings. The van der Waals surface area contributed by atoms with Crippen LogP contribution in [0.1, 0.15) is 39.3 Å². The molecule has 4 aliphatic rings. The molecule has 1 aromatic rings. The average Bonchev–Trinajstić information content (AvgIpc) is 3.62. The van der Waals surface area contributed by atoms with Gasteiger partial charge in [0.15, 0.2) is 18.8 Å². The molecule has 0 radical (unpaired) electrons. The number of nitrogens with one attached hydrogen (secondary N) is 2. The largest absolute Gasteiger partial charge is 0.477 e. The number of nitrogens with zero attached hydrogens (tertiary/aromatic N) is 2. The Bertz CT molecular complexity index is 2130. The maximum absolute atomic E-state index is 13.7. The Balaban J connectivity index is 1.23. The van der Waals surface area contributed by atoms with Crippen molar-refractivity contribution < 1.29 is 123 Å². The lowest BCUT2D eigenvalue weighted by Gasteiger charge is -2.50. The van der Waals surface area contributed by atoms with Crippen LogP contribution >= 0.6 is 31.3 Å². The zero-order valence-corrected chi connectivity index (χ0v) is 42.4. The average molecular weight is 1130 g/mol. The highest BCUT2D eigenvalue weighted by atomic mass is 32.2. The van der Waals surface area contributed by atoms with Crippen molar-refractivity contribution in [2.24, 2.45) is 0 Å². The fourth-order valence-electron chi connectivity index (χ4n) is 8.58. The summed E-state index contributed by atoms with van der Waals surface area (Å²) in [5, 5.41) is 131. The van der Waals surface area contributed by atoms with Gasteiger partial charge < -0.3 is 111 Å². The van der Waals surface area contributed by atoms with Gasteiger partial charge in [-0.15, -0.1) is 11.8 Å². The number of carbonyl (C=O) groups excluding carboxylic acids is 2. The Morgan fingerprint density at radius 2 is 1.50 bits per heavy atom. The minimum absolute atomic E-state index is 0.0238. The van der Waals surface area contributed by atoms with Gasteiger partial charge in [0.2, 0.25) is 11.8 Å². The quantitative estimate of drug-likeness (QED) is 0.0319. The number of rotatable bonds is 25. The second-order valence-electron chi connectivity index (χ2n) is 17.7. The molecule has 4 aliphatic heterocycles. The molecular formula is C40H66N5O26PS2. The van der Waals surface area contributed by atoms with Crippen molar-refractivity contribution in [3.05, 3.63) is 22.7 Å². The molecule has 424 valence electrons. The molecular weight excluding hydrogens is 1060 g/mol. The van der Waals surface area contributed by atoms with E-state index in [1.54, 1.807) is 0 Å². The summed E-state index contributed by atoms with van der Waals surface area (Å²) in [5.74, 6) is -6.84. The maximum atomic E-state index is 13.7. The van der Waals surface area contributed by atoms with Gasteiger partial charge >= 0.3 is 19.5 Å². The number of methoxy groups -OCH3 is 1. The number of aliphatic hydroxyl groups excluding tert-OH is 11. The van der Waals surface area contributed by atoms with Crippen molar-refractivity contribution in [2.75, 3.05) is 49.9 Å². The van der Waals surface area contributed by atoms with Crippen LogP contribution < -0.4 is 22.1 Å². The lowest BCUT2D eigenvalue weighted by molar-refractivity contribution is -0.342. The number of anilines is 1. The summed E-state index contributed by atoms with van der Waals surface area (Å²) in [6.45, 7) is -0.765. The molecule has 5 heterocycles. The highest BCUT2D eigenvalue weighted by Crippen LogP contribution is 2.53. The first-order valence-corrected chi connectivity index (χ1v) is 26.7. The molecule has 1 aromatic heterocycles. The van der Waals surface area contributed by atoms with Crippen LogP contribution in [0.25, 0.3) is 0 Å². The normalized spacial score (nSPS) is 38.1. The molecule has 74 heavy (non-hydrogen) atoms. The number of hydrogen-bond acceptors (Lipinski definition) is 28. The van der Waals surface area contributed by atoms with Gasteiger partial charge in [-0.25, -0.2) is 18.7 Å². The highest BCUT2D eigenvalue weighted by Gasteiger charge is 2.65. The molecule has 17 N–H and O–H groups in total. The van der Waals surface area contributed by atoms with E-state index in [0.717, 1.165) is 17.7 Å². The van der Waals surface area contributed by atoms with E-state index in [1.165, 1.54) is 31.9 Å². The van der Waals surface area contributed by atoms with Crippen molar-refractivity contribution >= 4 is 54.9 Å². The van der Waals surface area contributed by atoms with Gasteiger partial charge in [0.05, 0.1) is 43.3 Å². The first kappa shape index (κ1) is 62.1. The van der Waals surface area contributed by atoms with Crippen molar-refractivity contribution in [1.29, 1.82) is 0 Å². The van der Waals surface area contributed by atoms with Crippen molar-refractivity contribution in [2.45, 2.75) is 160 Å². The first-order valence-electron chi connectivity index (χ1n) is 23.0. The van der Waals surface area contributed by atoms with E-state index in [2.05, 4.69) is 15.6 Å². The predicted molar refractivity (Wildman–Crippen MR) is 249 cm³/mol. The van der Waals surface area contributed by atoms with Gasteiger partial charge in [0.1, 0.15) is 85.1 Å². The topological polar surface area (TPSA) is 490 Å². The molecule has 0 bridgehead atoms. The number of carboxylic acid groups (broad SMARTS) is 1. The van der Waals surface area contributed by atoms with E-state index in [9.17, 15) is 89.9 Å². The zero-order valence-electron chi connectivity index (χ0n) is 39.9. The van der Waals surface area contributed by atoms with Crippen LogP contribution in [0.5, 0.6) is 0 Å². The van der Waals surface area contributed by atoms with Crippen LogP contribution in [0.2, 0.25) is 0 Å². The van der Waals surface area contributed by atoms with E-state index in [1.807, 2.05) is 0 Å². The molecule has 0 aromatic carbocycles. The Hall–Kier alpha value is -2.78. The van der Waals surface area contributed by atoms with Crippen LogP contribution in [0.4, 0.5) is 5.82 Å². The Morgan fingerprint density at radius 1 is 0.865 bits per heavy atom. The molecule has 0 aliphatic carbocycles. The minimum atomic E-state index is -5.79. The lowest BCUT2D eigenvalue weighted by Crippen LogP contribution is -2.73. The Morgan fingerprint density at radius 3 is 2.11 bits per heavy atom. The van der Waals surface area contributed by atoms with Gasteiger partial charge in [-0.3, -0.25) is 18.7 Å². The smallest absolute Gasteiger partial charge is 0.475 e.